The molecular formula is C16H28N4. The number of aromatic nitrogens is 2. The summed E-state index contributed by atoms with van der Waals surface area (Å²) in [6.07, 6.45) is 4.67. The average Bonchev–Trinajstić information content (AvgIpc) is 3.20. The van der Waals surface area contributed by atoms with Crippen LogP contribution in [-0.2, 0) is 6.42 Å². The predicted molar refractivity (Wildman–Crippen MR) is 85.3 cm³/mol. The van der Waals surface area contributed by atoms with Crippen LogP contribution >= 0.6 is 0 Å². The Morgan fingerprint density at radius 3 is 2.35 bits per heavy atom. The first-order valence-electron chi connectivity index (χ1n) is 7.81. The molecule has 2 rings (SSSR count). The maximum absolute atomic E-state index is 4.70. The van der Waals surface area contributed by atoms with Crippen LogP contribution in [0, 0.1) is 18.3 Å². The molecule has 1 aliphatic carbocycles. The van der Waals surface area contributed by atoms with E-state index in [1.54, 1.807) is 0 Å². The smallest absolute Gasteiger partial charge is 0.134 e. The van der Waals surface area contributed by atoms with Crippen molar-refractivity contribution in [3.05, 3.63) is 11.4 Å². The number of nitrogens with one attached hydrogen (secondary N) is 2. The predicted octanol–water partition coefficient (Wildman–Crippen LogP) is 3.63. The molecule has 0 atom stereocenters. The Bertz CT molecular complexity index is 464. The Balaban J connectivity index is 2.15. The molecule has 112 valence electrons. The second kappa shape index (κ2) is 5.98. The molecule has 2 N–H and O–H groups in total. The van der Waals surface area contributed by atoms with E-state index in [1.807, 2.05) is 7.05 Å². The minimum absolute atomic E-state index is 0.488. The molecule has 0 bridgehead atoms. The monoisotopic (exact) mass is 276 g/mol. The number of anilines is 2. The van der Waals surface area contributed by atoms with Crippen molar-refractivity contribution in [2.75, 3.05) is 24.2 Å². The summed E-state index contributed by atoms with van der Waals surface area (Å²) in [6, 6.07) is 0. The van der Waals surface area contributed by atoms with Crippen molar-refractivity contribution in [2.45, 2.75) is 53.4 Å². The second-order valence-electron chi connectivity index (χ2n) is 6.33. The summed E-state index contributed by atoms with van der Waals surface area (Å²) in [5.41, 5.74) is 1.61. The van der Waals surface area contributed by atoms with Crippen molar-refractivity contribution in [3.63, 3.8) is 0 Å². The summed E-state index contributed by atoms with van der Waals surface area (Å²) < 4.78 is 0. The third-order valence-electron chi connectivity index (χ3n) is 4.63. The molecule has 1 aliphatic rings. The fraction of sp³-hybridized carbons (Fsp3) is 0.750. The minimum Gasteiger partial charge on any atom is -0.373 e. The van der Waals surface area contributed by atoms with Crippen LogP contribution in [-0.4, -0.2) is 23.6 Å². The van der Waals surface area contributed by atoms with Gasteiger partial charge in [0.2, 0.25) is 0 Å². The standard InChI is InChI=1S/C16H28N4/c1-6-7-13-19-14(17-5)12(4)15(20-13)18-10-16(8-9-16)11(2)3/h11H,6-10H2,1-5H3,(H2,17,18,19,20). The van der Waals surface area contributed by atoms with Crippen LogP contribution < -0.4 is 10.6 Å². The number of hydrogen-bond donors (Lipinski definition) is 2. The fourth-order valence-electron chi connectivity index (χ4n) is 2.69. The third-order valence-corrected chi connectivity index (χ3v) is 4.63. The number of hydrogen-bond acceptors (Lipinski definition) is 4. The van der Waals surface area contributed by atoms with Crippen LogP contribution in [0.2, 0.25) is 0 Å². The van der Waals surface area contributed by atoms with Gasteiger partial charge in [-0.2, -0.15) is 0 Å². The molecule has 0 radical (unpaired) electrons. The lowest BCUT2D eigenvalue weighted by Crippen LogP contribution is -2.22. The summed E-state index contributed by atoms with van der Waals surface area (Å²) in [5.74, 6) is 3.61. The van der Waals surface area contributed by atoms with Gasteiger partial charge in [-0.1, -0.05) is 20.8 Å². The second-order valence-corrected chi connectivity index (χ2v) is 6.33. The van der Waals surface area contributed by atoms with E-state index in [0.717, 1.165) is 48.3 Å². The molecule has 0 amide bonds. The maximum Gasteiger partial charge on any atom is 0.134 e. The highest BCUT2D eigenvalue weighted by Gasteiger charge is 2.45. The quantitative estimate of drug-likeness (QED) is 0.798. The molecule has 1 heterocycles. The van der Waals surface area contributed by atoms with Gasteiger partial charge in [-0.15, -0.1) is 0 Å². The largest absolute Gasteiger partial charge is 0.373 e. The van der Waals surface area contributed by atoms with Crippen molar-refractivity contribution in [3.8, 4) is 0 Å². The van der Waals surface area contributed by atoms with Gasteiger partial charge in [-0.3, -0.25) is 0 Å². The van der Waals surface area contributed by atoms with Gasteiger partial charge in [0.05, 0.1) is 0 Å². The normalized spacial score (nSPS) is 16.3. The third kappa shape index (κ3) is 3.05. The number of nitrogens with zero attached hydrogens (tertiary/aromatic N) is 2. The lowest BCUT2D eigenvalue weighted by molar-refractivity contribution is 0.379. The van der Waals surface area contributed by atoms with Gasteiger partial charge >= 0.3 is 0 Å². The molecule has 4 nitrogen and oxygen atoms in total. The van der Waals surface area contributed by atoms with Gasteiger partial charge in [0.25, 0.3) is 0 Å². The molecular weight excluding hydrogens is 248 g/mol. The summed E-state index contributed by atoms with van der Waals surface area (Å²) in [4.78, 5) is 9.27. The Labute approximate surface area is 122 Å². The Kier molecular flexibility index (Phi) is 4.51. The van der Waals surface area contributed by atoms with Crippen molar-refractivity contribution in [1.29, 1.82) is 0 Å². The molecule has 0 unspecified atom stereocenters. The van der Waals surface area contributed by atoms with Crippen molar-refractivity contribution < 1.29 is 0 Å². The van der Waals surface area contributed by atoms with Crippen LogP contribution in [0.1, 0.15) is 51.4 Å². The van der Waals surface area contributed by atoms with E-state index in [9.17, 15) is 0 Å². The number of rotatable bonds is 7. The molecule has 4 heteroatoms. The molecule has 0 aliphatic heterocycles. The fourth-order valence-corrected chi connectivity index (χ4v) is 2.69. The van der Waals surface area contributed by atoms with Gasteiger partial charge in [-0.25, -0.2) is 9.97 Å². The van der Waals surface area contributed by atoms with Gasteiger partial charge in [0, 0.05) is 25.6 Å². The zero-order chi connectivity index (χ0) is 14.8. The van der Waals surface area contributed by atoms with E-state index in [1.165, 1.54) is 12.8 Å². The van der Waals surface area contributed by atoms with E-state index in [0.29, 0.717) is 5.41 Å². The van der Waals surface area contributed by atoms with Crippen LogP contribution in [0.4, 0.5) is 11.6 Å². The molecule has 20 heavy (non-hydrogen) atoms. The van der Waals surface area contributed by atoms with E-state index in [-0.39, 0.29) is 0 Å². The van der Waals surface area contributed by atoms with Crippen molar-refractivity contribution >= 4 is 11.6 Å². The summed E-state index contributed by atoms with van der Waals surface area (Å²) >= 11 is 0. The molecule has 0 saturated heterocycles. The van der Waals surface area contributed by atoms with Gasteiger partial charge in [0.1, 0.15) is 17.5 Å². The summed E-state index contributed by atoms with van der Waals surface area (Å²) in [6.45, 7) is 9.91. The van der Waals surface area contributed by atoms with Crippen molar-refractivity contribution in [2.24, 2.45) is 11.3 Å². The Hall–Kier alpha value is -1.32. The van der Waals surface area contributed by atoms with Crippen LogP contribution in [0.15, 0.2) is 0 Å². The van der Waals surface area contributed by atoms with E-state index >= 15 is 0 Å². The first-order chi connectivity index (χ1) is 9.52. The van der Waals surface area contributed by atoms with Gasteiger partial charge in [0.15, 0.2) is 0 Å². The van der Waals surface area contributed by atoms with Crippen LogP contribution in [0.5, 0.6) is 0 Å². The highest BCUT2D eigenvalue weighted by atomic mass is 15.1. The SMILES string of the molecule is CCCc1nc(NC)c(C)c(NCC2(C(C)C)CC2)n1. The highest BCUT2D eigenvalue weighted by Crippen LogP contribution is 2.51. The van der Waals surface area contributed by atoms with E-state index < -0.39 is 0 Å². The molecule has 0 spiro atoms. The van der Waals surface area contributed by atoms with Gasteiger partial charge < -0.3 is 10.6 Å². The number of aryl methyl sites for hydroxylation is 1. The average molecular weight is 276 g/mol. The molecule has 1 aromatic rings. The Morgan fingerprint density at radius 1 is 1.20 bits per heavy atom. The molecule has 1 saturated carbocycles. The van der Waals surface area contributed by atoms with E-state index in [4.69, 9.17) is 4.98 Å². The first-order valence-corrected chi connectivity index (χ1v) is 7.81. The van der Waals surface area contributed by atoms with Crippen molar-refractivity contribution in [1.82, 2.24) is 9.97 Å². The molecule has 0 aromatic carbocycles. The summed E-state index contributed by atoms with van der Waals surface area (Å²) in [5, 5.41) is 6.76. The summed E-state index contributed by atoms with van der Waals surface area (Å²) in [7, 11) is 1.92. The molecule has 1 aromatic heterocycles. The Morgan fingerprint density at radius 2 is 1.85 bits per heavy atom. The zero-order valence-electron chi connectivity index (χ0n) is 13.5. The van der Waals surface area contributed by atoms with E-state index in [2.05, 4.69) is 43.3 Å². The zero-order valence-corrected chi connectivity index (χ0v) is 13.5. The van der Waals surface area contributed by atoms with Gasteiger partial charge in [-0.05, 0) is 37.5 Å². The minimum atomic E-state index is 0.488. The first kappa shape index (κ1) is 15.1. The van der Waals surface area contributed by atoms with Crippen LogP contribution in [0.25, 0.3) is 0 Å². The topological polar surface area (TPSA) is 49.8 Å². The maximum atomic E-state index is 4.70. The highest BCUT2D eigenvalue weighted by molar-refractivity contribution is 5.57. The lowest BCUT2D eigenvalue weighted by Gasteiger charge is -2.21. The molecule has 1 fully saturated rings. The lowest BCUT2D eigenvalue weighted by atomic mass is 9.92. The van der Waals surface area contributed by atoms with Crippen LogP contribution in [0.3, 0.4) is 0 Å².